The second-order valence-electron chi connectivity index (χ2n) is 4.86. The quantitative estimate of drug-likeness (QED) is 0.626. The highest BCUT2D eigenvalue weighted by Gasteiger charge is 2.18. The molecule has 0 aliphatic carbocycles. The van der Waals surface area contributed by atoms with Crippen LogP contribution in [0.5, 0.6) is 5.75 Å². The average Bonchev–Trinajstić information content (AvgIpc) is 2.62. The van der Waals surface area contributed by atoms with Crippen LogP contribution >= 0.6 is 11.6 Å². The number of nitrogens with two attached hydrogens (primary N) is 1. The largest absolute Gasteiger partial charge is 0.496 e. The van der Waals surface area contributed by atoms with Gasteiger partial charge in [0.25, 0.3) is 5.91 Å². The van der Waals surface area contributed by atoms with E-state index >= 15 is 0 Å². The minimum absolute atomic E-state index is 0.0481. The SMILES string of the molecule is COc1cc(N)c(Cl)cc1C(=O)OCC(=O)Nc1ccccc1C#N. The lowest BCUT2D eigenvalue weighted by Crippen LogP contribution is -2.21. The molecular weight excluding hydrogens is 346 g/mol. The molecule has 2 rings (SSSR count). The van der Waals surface area contributed by atoms with Gasteiger partial charge in [0.1, 0.15) is 17.4 Å². The highest BCUT2D eigenvalue weighted by atomic mass is 35.5. The minimum atomic E-state index is -0.789. The van der Waals surface area contributed by atoms with Crippen molar-refractivity contribution in [1.29, 1.82) is 5.26 Å². The zero-order valence-corrected chi connectivity index (χ0v) is 14.0. The zero-order chi connectivity index (χ0) is 18.4. The molecule has 0 aromatic heterocycles. The summed E-state index contributed by atoms with van der Waals surface area (Å²) < 4.78 is 10.0. The van der Waals surface area contributed by atoms with Crippen LogP contribution in [0.15, 0.2) is 36.4 Å². The van der Waals surface area contributed by atoms with E-state index in [4.69, 9.17) is 32.1 Å². The molecule has 0 aliphatic heterocycles. The predicted molar refractivity (Wildman–Crippen MR) is 92.5 cm³/mol. The number of nitriles is 1. The number of methoxy groups -OCH3 is 1. The number of nitrogens with one attached hydrogen (secondary N) is 1. The van der Waals surface area contributed by atoms with Crippen LogP contribution in [-0.2, 0) is 9.53 Å². The first kappa shape index (κ1) is 18.1. The van der Waals surface area contributed by atoms with Crippen LogP contribution < -0.4 is 15.8 Å². The maximum atomic E-state index is 12.1. The average molecular weight is 360 g/mol. The summed E-state index contributed by atoms with van der Waals surface area (Å²) in [6, 6.07) is 11.1. The molecule has 0 radical (unpaired) electrons. The molecular formula is C17H14ClN3O4. The van der Waals surface area contributed by atoms with E-state index in [-0.39, 0.29) is 22.0 Å². The highest BCUT2D eigenvalue weighted by molar-refractivity contribution is 6.33. The number of anilines is 2. The fourth-order valence-corrected chi connectivity index (χ4v) is 2.15. The Morgan fingerprint density at radius 1 is 1.32 bits per heavy atom. The zero-order valence-electron chi connectivity index (χ0n) is 13.2. The Morgan fingerprint density at radius 2 is 2.04 bits per heavy atom. The fourth-order valence-electron chi connectivity index (χ4n) is 1.98. The highest BCUT2D eigenvalue weighted by Crippen LogP contribution is 2.29. The van der Waals surface area contributed by atoms with Crippen molar-refractivity contribution in [1.82, 2.24) is 0 Å². The summed E-state index contributed by atoms with van der Waals surface area (Å²) in [5, 5.41) is 11.6. The number of carbonyl (C=O) groups excluding carboxylic acids is 2. The normalized spacial score (nSPS) is 9.80. The number of carbonyl (C=O) groups is 2. The molecule has 0 spiro atoms. The number of amides is 1. The summed E-state index contributed by atoms with van der Waals surface area (Å²) in [4.78, 5) is 24.1. The van der Waals surface area contributed by atoms with Crippen LogP contribution in [-0.4, -0.2) is 25.6 Å². The Kier molecular flexibility index (Phi) is 5.82. The first-order chi connectivity index (χ1) is 12.0. The van der Waals surface area contributed by atoms with Gasteiger partial charge in [-0.1, -0.05) is 23.7 Å². The first-order valence-electron chi connectivity index (χ1n) is 7.05. The lowest BCUT2D eigenvalue weighted by Gasteiger charge is -2.11. The number of nitrogens with zero attached hydrogens (tertiary/aromatic N) is 1. The molecule has 0 heterocycles. The molecule has 0 atom stereocenters. The lowest BCUT2D eigenvalue weighted by molar-refractivity contribution is -0.119. The third-order valence-corrected chi connectivity index (χ3v) is 3.52. The van der Waals surface area contributed by atoms with E-state index in [1.165, 1.54) is 19.2 Å². The molecule has 0 saturated carbocycles. The van der Waals surface area contributed by atoms with E-state index in [2.05, 4.69) is 5.32 Å². The van der Waals surface area contributed by atoms with E-state index in [0.29, 0.717) is 11.3 Å². The maximum Gasteiger partial charge on any atom is 0.342 e. The van der Waals surface area contributed by atoms with E-state index in [0.717, 1.165) is 0 Å². The molecule has 25 heavy (non-hydrogen) atoms. The van der Waals surface area contributed by atoms with Crippen molar-refractivity contribution in [2.24, 2.45) is 0 Å². The van der Waals surface area contributed by atoms with Gasteiger partial charge < -0.3 is 20.5 Å². The molecule has 0 saturated heterocycles. The number of hydrogen-bond donors (Lipinski definition) is 2. The van der Waals surface area contributed by atoms with Gasteiger partial charge in [0, 0.05) is 6.07 Å². The van der Waals surface area contributed by atoms with Gasteiger partial charge in [-0.3, -0.25) is 4.79 Å². The number of hydrogen-bond acceptors (Lipinski definition) is 6. The van der Waals surface area contributed by atoms with Gasteiger partial charge in [-0.25, -0.2) is 4.79 Å². The number of halogens is 1. The van der Waals surface area contributed by atoms with Crippen LogP contribution in [0.25, 0.3) is 0 Å². The molecule has 0 aliphatic rings. The molecule has 128 valence electrons. The lowest BCUT2D eigenvalue weighted by atomic mass is 10.2. The summed E-state index contributed by atoms with van der Waals surface area (Å²) >= 11 is 5.89. The molecule has 2 aromatic carbocycles. The Hall–Kier alpha value is -3.24. The molecule has 0 bridgehead atoms. The van der Waals surface area contributed by atoms with Crippen molar-refractivity contribution in [3.63, 3.8) is 0 Å². The van der Waals surface area contributed by atoms with E-state index < -0.39 is 18.5 Å². The smallest absolute Gasteiger partial charge is 0.342 e. The summed E-state index contributed by atoms with van der Waals surface area (Å²) in [5.74, 6) is -1.19. The molecule has 0 unspecified atom stereocenters. The van der Waals surface area contributed by atoms with Gasteiger partial charge in [0.2, 0.25) is 0 Å². The number of ether oxygens (including phenoxy) is 2. The van der Waals surface area contributed by atoms with Crippen molar-refractivity contribution in [3.05, 3.63) is 52.5 Å². The van der Waals surface area contributed by atoms with Crippen LogP contribution in [0, 0.1) is 11.3 Å². The van der Waals surface area contributed by atoms with Crippen LogP contribution in [0.4, 0.5) is 11.4 Å². The van der Waals surface area contributed by atoms with Crippen LogP contribution in [0.1, 0.15) is 15.9 Å². The topological polar surface area (TPSA) is 114 Å². The second kappa shape index (κ2) is 8.04. The van der Waals surface area contributed by atoms with Crippen molar-refractivity contribution >= 4 is 34.9 Å². The number of para-hydroxylation sites is 1. The number of esters is 1. The third kappa shape index (κ3) is 4.40. The minimum Gasteiger partial charge on any atom is -0.496 e. The Bertz CT molecular complexity index is 861. The molecule has 3 N–H and O–H groups in total. The van der Waals surface area contributed by atoms with Gasteiger partial charge in [-0.05, 0) is 18.2 Å². The molecule has 1 amide bonds. The van der Waals surface area contributed by atoms with Gasteiger partial charge in [-0.15, -0.1) is 0 Å². The standard InChI is InChI=1S/C17H14ClN3O4/c1-24-15-7-13(20)12(18)6-11(15)17(23)25-9-16(22)21-14-5-3-2-4-10(14)8-19/h2-7H,9,20H2,1H3,(H,21,22). The van der Waals surface area contributed by atoms with Gasteiger partial charge in [0.15, 0.2) is 6.61 Å². The molecule has 2 aromatic rings. The monoisotopic (exact) mass is 359 g/mol. The summed E-state index contributed by atoms with van der Waals surface area (Å²) in [6.45, 7) is -0.538. The van der Waals surface area contributed by atoms with E-state index in [1.54, 1.807) is 24.3 Å². The van der Waals surface area contributed by atoms with Crippen LogP contribution in [0.3, 0.4) is 0 Å². The van der Waals surface area contributed by atoms with Gasteiger partial charge in [-0.2, -0.15) is 5.26 Å². The number of nitrogen functional groups attached to an aromatic ring is 1. The molecule has 0 fully saturated rings. The predicted octanol–water partition coefficient (Wildman–Crippen LogP) is 2.60. The van der Waals surface area contributed by atoms with Crippen molar-refractivity contribution in [2.45, 2.75) is 0 Å². The molecule has 8 heteroatoms. The summed E-state index contributed by atoms with van der Waals surface area (Å²) in [5.41, 5.74) is 6.58. The number of benzene rings is 2. The van der Waals surface area contributed by atoms with E-state index in [9.17, 15) is 9.59 Å². The third-order valence-electron chi connectivity index (χ3n) is 3.19. The Morgan fingerprint density at radius 3 is 2.72 bits per heavy atom. The van der Waals surface area contributed by atoms with Crippen LogP contribution in [0.2, 0.25) is 5.02 Å². The Labute approximate surface area is 148 Å². The van der Waals surface area contributed by atoms with E-state index in [1.807, 2.05) is 6.07 Å². The number of rotatable bonds is 5. The first-order valence-corrected chi connectivity index (χ1v) is 7.43. The van der Waals surface area contributed by atoms with Crippen molar-refractivity contribution in [3.8, 4) is 11.8 Å². The Balaban J connectivity index is 2.04. The second-order valence-corrected chi connectivity index (χ2v) is 5.26. The maximum absolute atomic E-state index is 12.1. The fraction of sp³-hybridized carbons (Fsp3) is 0.118. The van der Waals surface area contributed by atoms with Gasteiger partial charge >= 0.3 is 5.97 Å². The summed E-state index contributed by atoms with van der Waals surface area (Å²) in [7, 11) is 1.37. The van der Waals surface area contributed by atoms with Crippen molar-refractivity contribution in [2.75, 3.05) is 24.8 Å². The molecule has 7 nitrogen and oxygen atoms in total. The van der Waals surface area contributed by atoms with Crippen molar-refractivity contribution < 1.29 is 19.1 Å². The van der Waals surface area contributed by atoms with Gasteiger partial charge in [0.05, 0.1) is 29.1 Å². The summed E-state index contributed by atoms with van der Waals surface area (Å²) in [6.07, 6.45) is 0.